The third-order valence-corrected chi connectivity index (χ3v) is 6.28. The van der Waals surface area contributed by atoms with Crippen LogP contribution in [-0.4, -0.2) is 79.2 Å². The van der Waals surface area contributed by atoms with Crippen LogP contribution in [-0.2, 0) is 14.3 Å². The van der Waals surface area contributed by atoms with Gasteiger partial charge < -0.3 is 24.2 Å². The minimum Gasteiger partial charge on any atom is -0.507 e. The van der Waals surface area contributed by atoms with Gasteiger partial charge in [-0.05, 0) is 48.9 Å². The Morgan fingerprint density at radius 1 is 1.08 bits per heavy atom. The Hall–Kier alpha value is -3.62. The van der Waals surface area contributed by atoms with Gasteiger partial charge in [-0.1, -0.05) is 24.8 Å². The fourth-order valence-corrected chi connectivity index (χ4v) is 4.49. The maximum absolute atomic E-state index is 13.3. The topological polar surface area (TPSA) is 88.5 Å². The minimum absolute atomic E-state index is 0.0620. The zero-order valence-electron chi connectivity index (χ0n) is 20.5. The highest BCUT2D eigenvalue weighted by atomic mass is 16.5. The Morgan fingerprint density at radius 3 is 2.53 bits per heavy atom. The van der Waals surface area contributed by atoms with Gasteiger partial charge in [0.25, 0.3) is 11.7 Å². The third kappa shape index (κ3) is 5.61. The number of hydrogen-bond acceptors (Lipinski definition) is 7. The Labute approximate surface area is 211 Å². The molecule has 8 heteroatoms. The number of Topliss-reactive ketones (excluding diaryl/α,β-unsaturated/α-hetero) is 1. The van der Waals surface area contributed by atoms with Gasteiger partial charge in [0.15, 0.2) is 0 Å². The van der Waals surface area contributed by atoms with Crippen LogP contribution < -0.4 is 9.47 Å². The lowest BCUT2D eigenvalue weighted by Crippen LogP contribution is -2.42. The SMILES string of the molecule is C=CCOc1cccc([C@@H]2C(=C(O)c3ccc(OCC)cc3)C(=O)C(=O)N2CCN2CCOCC2)c1. The van der Waals surface area contributed by atoms with Crippen LogP contribution in [0.15, 0.2) is 66.8 Å². The summed E-state index contributed by atoms with van der Waals surface area (Å²) in [6, 6.07) is 13.3. The molecule has 2 aliphatic rings. The Bertz CT molecular complexity index is 1120. The summed E-state index contributed by atoms with van der Waals surface area (Å²) in [4.78, 5) is 30.3. The fraction of sp³-hybridized carbons (Fsp3) is 0.357. The van der Waals surface area contributed by atoms with Crippen molar-refractivity contribution in [1.29, 1.82) is 0 Å². The fourth-order valence-electron chi connectivity index (χ4n) is 4.49. The number of amides is 1. The van der Waals surface area contributed by atoms with Gasteiger partial charge in [-0.3, -0.25) is 14.5 Å². The molecule has 1 amide bonds. The van der Waals surface area contributed by atoms with Crippen LogP contribution in [0.5, 0.6) is 11.5 Å². The predicted octanol–water partition coefficient (Wildman–Crippen LogP) is 3.40. The van der Waals surface area contributed by atoms with Crippen LogP contribution in [0, 0.1) is 0 Å². The smallest absolute Gasteiger partial charge is 0.295 e. The summed E-state index contributed by atoms with van der Waals surface area (Å²) in [6.45, 7) is 10.2. The number of carbonyl (C=O) groups excluding carboxylic acids is 2. The summed E-state index contributed by atoms with van der Waals surface area (Å²) < 4.78 is 16.6. The van der Waals surface area contributed by atoms with E-state index in [4.69, 9.17) is 14.2 Å². The van der Waals surface area contributed by atoms with E-state index in [0.29, 0.717) is 62.1 Å². The number of morpholine rings is 1. The first-order valence-electron chi connectivity index (χ1n) is 12.2. The largest absolute Gasteiger partial charge is 0.507 e. The standard InChI is InChI=1S/C28H32N2O6/c1-3-16-36-23-7-5-6-21(19-23)25-24(26(31)20-8-10-22(11-9-20)35-4-2)27(32)28(33)30(25)13-12-29-14-17-34-18-15-29/h3,5-11,19,25,31H,1,4,12-18H2,2H3/t25-/m1/s1. The summed E-state index contributed by atoms with van der Waals surface area (Å²) in [7, 11) is 0. The van der Waals surface area contributed by atoms with E-state index >= 15 is 0 Å². The molecule has 1 atom stereocenters. The summed E-state index contributed by atoms with van der Waals surface area (Å²) in [6.07, 6.45) is 1.65. The van der Waals surface area contributed by atoms with Gasteiger partial charge in [0.1, 0.15) is 23.9 Å². The van der Waals surface area contributed by atoms with Gasteiger partial charge in [0, 0.05) is 31.7 Å². The van der Waals surface area contributed by atoms with Gasteiger partial charge in [0.2, 0.25) is 0 Å². The molecule has 2 saturated heterocycles. The van der Waals surface area contributed by atoms with Crippen LogP contribution >= 0.6 is 0 Å². The van der Waals surface area contributed by atoms with Gasteiger partial charge in [-0.25, -0.2) is 0 Å². The van der Waals surface area contributed by atoms with Crippen molar-refractivity contribution in [2.24, 2.45) is 0 Å². The van der Waals surface area contributed by atoms with Crippen LogP contribution in [0.4, 0.5) is 0 Å². The monoisotopic (exact) mass is 492 g/mol. The lowest BCUT2D eigenvalue weighted by atomic mass is 9.95. The van der Waals surface area contributed by atoms with Crippen molar-refractivity contribution < 1.29 is 28.9 Å². The van der Waals surface area contributed by atoms with Crippen molar-refractivity contribution in [3.8, 4) is 11.5 Å². The van der Waals surface area contributed by atoms with E-state index in [1.165, 1.54) is 0 Å². The number of ketones is 1. The molecule has 0 spiro atoms. The summed E-state index contributed by atoms with van der Waals surface area (Å²) in [5.41, 5.74) is 1.19. The molecular formula is C28H32N2O6. The van der Waals surface area contributed by atoms with E-state index in [9.17, 15) is 14.7 Å². The molecule has 0 unspecified atom stereocenters. The van der Waals surface area contributed by atoms with Gasteiger partial charge in [-0.2, -0.15) is 0 Å². The second kappa shape index (κ2) is 11.9. The molecule has 2 heterocycles. The number of hydrogen-bond donors (Lipinski definition) is 1. The van der Waals surface area contributed by atoms with Crippen LogP contribution in [0.3, 0.4) is 0 Å². The summed E-state index contributed by atoms with van der Waals surface area (Å²) >= 11 is 0. The molecule has 0 bridgehead atoms. The van der Waals surface area contributed by atoms with E-state index in [0.717, 1.165) is 13.1 Å². The molecule has 8 nitrogen and oxygen atoms in total. The van der Waals surface area contributed by atoms with Crippen molar-refractivity contribution in [2.75, 3.05) is 52.6 Å². The first-order chi connectivity index (χ1) is 17.5. The Morgan fingerprint density at radius 2 is 1.83 bits per heavy atom. The second-order valence-electron chi connectivity index (χ2n) is 8.58. The van der Waals surface area contributed by atoms with Crippen molar-refractivity contribution in [3.63, 3.8) is 0 Å². The number of aliphatic hydroxyl groups excluding tert-OH is 1. The highest BCUT2D eigenvalue weighted by Gasteiger charge is 2.46. The molecular weight excluding hydrogens is 460 g/mol. The average molecular weight is 493 g/mol. The lowest BCUT2D eigenvalue weighted by Gasteiger charge is -2.31. The molecule has 0 aliphatic carbocycles. The van der Waals surface area contributed by atoms with E-state index < -0.39 is 17.7 Å². The van der Waals surface area contributed by atoms with Gasteiger partial charge in [0.05, 0.1) is 31.4 Å². The molecule has 36 heavy (non-hydrogen) atoms. The molecule has 0 saturated carbocycles. The predicted molar refractivity (Wildman–Crippen MR) is 136 cm³/mol. The normalized spacial score (nSPS) is 19.9. The maximum atomic E-state index is 13.3. The number of rotatable bonds is 10. The number of aliphatic hydroxyl groups is 1. The quantitative estimate of drug-likeness (QED) is 0.235. The Balaban J connectivity index is 1.72. The molecule has 190 valence electrons. The number of ether oxygens (including phenoxy) is 3. The van der Waals surface area contributed by atoms with Crippen molar-refractivity contribution in [2.45, 2.75) is 13.0 Å². The average Bonchev–Trinajstić information content (AvgIpc) is 3.16. The van der Waals surface area contributed by atoms with Crippen molar-refractivity contribution in [3.05, 3.63) is 77.9 Å². The molecule has 2 aliphatic heterocycles. The van der Waals surface area contributed by atoms with Gasteiger partial charge in [-0.15, -0.1) is 0 Å². The maximum Gasteiger partial charge on any atom is 0.295 e. The summed E-state index contributed by atoms with van der Waals surface area (Å²) in [5, 5.41) is 11.3. The van der Waals surface area contributed by atoms with Crippen molar-refractivity contribution >= 4 is 17.4 Å². The van der Waals surface area contributed by atoms with Gasteiger partial charge >= 0.3 is 0 Å². The van der Waals surface area contributed by atoms with Crippen LogP contribution in [0.25, 0.3) is 5.76 Å². The van der Waals surface area contributed by atoms with E-state index in [1.807, 2.05) is 19.1 Å². The number of benzene rings is 2. The first kappa shape index (κ1) is 25.5. The molecule has 4 rings (SSSR count). The number of nitrogens with zero attached hydrogens (tertiary/aromatic N) is 2. The lowest BCUT2D eigenvalue weighted by molar-refractivity contribution is -0.140. The number of likely N-dealkylation sites (tertiary alicyclic amines) is 1. The second-order valence-corrected chi connectivity index (χ2v) is 8.58. The molecule has 0 aromatic heterocycles. The van der Waals surface area contributed by atoms with Crippen molar-refractivity contribution in [1.82, 2.24) is 9.80 Å². The zero-order valence-corrected chi connectivity index (χ0v) is 20.5. The zero-order chi connectivity index (χ0) is 25.5. The molecule has 2 fully saturated rings. The van der Waals surface area contributed by atoms with Crippen LogP contribution in [0.2, 0.25) is 0 Å². The molecule has 2 aromatic rings. The summed E-state index contributed by atoms with van der Waals surface area (Å²) in [5.74, 6) is -0.299. The Kier molecular flexibility index (Phi) is 8.40. The molecule has 2 aromatic carbocycles. The minimum atomic E-state index is -0.745. The highest BCUT2D eigenvalue weighted by Crippen LogP contribution is 2.40. The van der Waals surface area contributed by atoms with E-state index in [1.54, 1.807) is 47.4 Å². The van der Waals surface area contributed by atoms with E-state index in [2.05, 4.69) is 11.5 Å². The molecule has 0 radical (unpaired) electrons. The third-order valence-electron chi connectivity index (χ3n) is 6.28. The van der Waals surface area contributed by atoms with Crippen LogP contribution in [0.1, 0.15) is 24.1 Å². The molecule has 1 N–H and O–H groups in total. The van der Waals surface area contributed by atoms with E-state index in [-0.39, 0.29) is 11.3 Å². The number of carbonyl (C=O) groups is 2. The highest BCUT2D eigenvalue weighted by molar-refractivity contribution is 6.46. The first-order valence-corrected chi connectivity index (χ1v) is 12.2.